The highest BCUT2D eigenvalue weighted by Crippen LogP contribution is 2.56. The number of anilines is 9. The summed E-state index contributed by atoms with van der Waals surface area (Å²) in [6.45, 7) is 38.3. The molecule has 5 heteroatoms. The Labute approximate surface area is 470 Å². The number of hydrogen-bond acceptors (Lipinski definition) is 4. The Kier molecular flexibility index (Phi) is 11.1. The van der Waals surface area contributed by atoms with E-state index >= 15 is 0 Å². The Morgan fingerprint density at radius 2 is 0.949 bits per heavy atom. The molecule has 0 saturated heterocycles. The predicted molar refractivity (Wildman–Crippen MR) is 341 cm³/mol. The van der Waals surface area contributed by atoms with Crippen LogP contribution < -0.4 is 31.1 Å². The molecule has 0 atom stereocenters. The van der Waals surface area contributed by atoms with Crippen molar-refractivity contribution in [2.75, 3.05) is 14.7 Å². The molecular weight excluding hydrogens is 962 g/mol. The maximum Gasteiger partial charge on any atom is 0.252 e. The molecule has 0 unspecified atom stereocenters. The molecule has 0 spiro atoms. The standard InChI is InChI=1S/C73H78BN3S/c1-44-36-63-66-64(37-44)77(60-41-56-53(38-45(60)2)72(13,14)43-73(56,15)16)62-42-55-54(70(9,10)34-35-71(55,11)12)40-58(62)74(66)57-33-32-50(39-61(57)76(63)59-22-19-21-52-51-20-17-18-23-65(51)78-67(52)59)75(48-28-24-46(25-29-48)68(3,4)5)49-30-26-47(27-31-49)69(6,7)8/h17-33,36-42H,34-35,43H2,1-16H3. The first-order valence-corrected chi connectivity index (χ1v) is 29.7. The molecule has 9 aromatic rings. The first kappa shape index (κ1) is 50.9. The predicted octanol–water partition coefficient (Wildman–Crippen LogP) is 19.1. The monoisotopic (exact) mass is 1040 g/mol. The van der Waals surface area contributed by atoms with Gasteiger partial charge in [0.2, 0.25) is 0 Å². The fraction of sp³-hybridized carbons (Fsp3) is 0.342. The average Bonchev–Trinajstić information content (AvgIpc) is 3.14. The molecule has 0 N–H and O–H groups in total. The van der Waals surface area contributed by atoms with Gasteiger partial charge in [-0.05, 0) is 199 Å². The number of rotatable bonds is 5. The van der Waals surface area contributed by atoms with Gasteiger partial charge in [0.25, 0.3) is 6.71 Å². The van der Waals surface area contributed by atoms with Crippen LogP contribution in [0.1, 0.15) is 161 Å². The second-order valence-electron chi connectivity index (χ2n) is 28.6. The van der Waals surface area contributed by atoms with E-state index in [2.05, 4.69) is 271 Å². The number of thiophene rings is 1. The smallest absolute Gasteiger partial charge is 0.252 e. The normalized spacial score (nSPS) is 17.4. The fourth-order valence-electron chi connectivity index (χ4n) is 14.8. The quantitative estimate of drug-likeness (QED) is 0.159. The van der Waals surface area contributed by atoms with Crippen LogP contribution in [0.3, 0.4) is 0 Å². The molecule has 1 aromatic heterocycles. The average molecular weight is 1040 g/mol. The lowest BCUT2D eigenvalue weighted by atomic mass is 9.33. The molecule has 0 amide bonds. The van der Waals surface area contributed by atoms with Gasteiger partial charge >= 0.3 is 0 Å². The lowest BCUT2D eigenvalue weighted by Crippen LogP contribution is -2.62. The number of nitrogens with zero attached hydrogens (tertiary/aromatic N) is 3. The first-order chi connectivity index (χ1) is 36.7. The van der Waals surface area contributed by atoms with Crippen LogP contribution in [0.25, 0.3) is 20.2 Å². The lowest BCUT2D eigenvalue weighted by molar-refractivity contribution is 0.332. The Hall–Kier alpha value is -6.56. The summed E-state index contributed by atoms with van der Waals surface area (Å²) in [5.74, 6) is 0. The zero-order valence-electron chi connectivity index (χ0n) is 49.3. The zero-order chi connectivity index (χ0) is 55.0. The third-order valence-corrected chi connectivity index (χ3v) is 20.2. The second kappa shape index (κ2) is 17.0. The molecule has 13 rings (SSSR count). The molecule has 3 nitrogen and oxygen atoms in total. The van der Waals surface area contributed by atoms with Crippen LogP contribution in [0.15, 0.2) is 146 Å². The van der Waals surface area contributed by atoms with Gasteiger partial charge in [-0.25, -0.2) is 0 Å². The Bertz CT molecular complexity index is 3890. The van der Waals surface area contributed by atoms with Crippen molar-refractivity contribution in [3.63, 3.8) is 0 Å². The van der Waals surface area contributed by atoms with Crippen LogP contribution in [0, 0.1) is 13.8 Å². The Morgan fingerprint density at radius 3 is 1.55 bits per heavy atom. The van der Waals surface area contributed by atoms with Gasteiger partial charge in [0.15, 0.2) is 0 Å². The maximum atomic E-state index is 2.73. The van der Waals surface area contributed by atoms with Gasteiger partial charge < -0.3 is 14.7 Å². The SMILES string of the molecule is Cc1cc2c3c(c1)N(c1cccc4c1sc1ccccc14)c1cc(N(c4ccc(C(C)(C)C)cc4)c4ccc(C(C)(C)C)cc4)ccc1B3c1cc3c(cc1N2c1cc2c(cc1C)C(C)(C)CC2(C)C)C(C)(C)CCC3(C)C. The molecule has 394 valence electrons. The minimum absolute atomic E-state index is 0.0226. The van der Waals surface area contributed by atoms with Crippen molar-refractivity contribution in [3.05, 3.63) is 190 Å². The summed E-state index contributed by atoms with van der Waals surface area (Å²) in [5, 5.41) is 2.61. The van der Waals surface area contributed by atoms with E-state index in [9.17, 15) is 0 Å². The summed E-state index contributed by atoms with van der Waals surface area (Å²) in [5.41, 5.74) is 26.6. The molecule has 0 fully saturated rings. The van der Waals surface area contributed by atoms with E-state index in [1.807, 2.05) is 11.3 Å². The van der Waals surface area contributed by atoms with Crippen molar-refractivity contribution < 1.29 is 0 Å². The van der Waals surface area contributed by atoms with Gasteiger partial charge in [0, 0.05) is 61.0 Å². The van der Waals surface area contributed by atoms with Crippen LogP contribution in [0.4, 0.5) is 51.2 Å². The van der Waals surface area contributed by atoms with Gasteiger partial charge in [0.05, 0.1) is 10.4 Å². The van der Waals surface area contributed by atoms with E-state index in [-0.39, 0.29) is 39.2 Å². The molecule has 2 aliphatic heterocycles. The van der Waals surface area contributed by atoms with E-state index in [4.69, 9.17) is 0 Å². The van der Waals surface area contributed by atoms with Crippen LogP contribution >= 0.6 is 11.3 Å². The minimum Gasteiger partial charge on any atom is -0.311 e. The van der Waals surface area contributed by atoms with Crippen molar-refractivity contribution in [3.8, 4) is 0 Å². The fourth-order valence-corrected chi connectivity index (χ4v) is 16.0. The van der Waals surface area contributed by atoms with Crippen molar-refractivity contribution in [2.24, 2.45) is 0 Å². The molecule has 0 saturated carbocycles. The van der Waals surface area contributed by atoms with Crippen LogP contribution in [0.5, 0.6) is 0 Å². The highest BCUT2D eigenvalue weighted by molar-refractivity contribution is 7.26. The van der Waals surface area contributed by atoms with E-state index in [1.54, 1.807) is 0 Å². The minimum atomic E-state index is -0.0226. The van der Waals surface area contributed by atoms with Crippen LogP contribution in [-0.4, -0.2) is 6.71 Å². The van der Waals surface area contributed by atoms with Crippen molar-refractivity contribution in [1.82, 2.24) is 0 Å². The number of hydrogen-bond donors (Lipinski definition) is 0. The third-order valence-electron chi connectivity index (χ3n) is 19.0. The lowest BCUT2D eigenvalue weighted by Gasteiger charge is -2.48. The molecule has 8 aromatic carbocycles. The van der Waals surface area contributed by atoms with Gasteiger partial charge in [0.1, 0.15) is 0 Å². The third kappa shape index (κ3) is 7.78. The molecule has 78 heavy (non-hydrogen) atoms. The maximum absolute atomic E-state index is 2.73. The van der Waals surface area contributed by atoms with Gasteiger partial charge in [-0.3, -0.25) is 0 Å². The van der Waals surface area contributed by atoms with E-state index in [0.29, 0.717) is 0 Å². The molecule has 0 radical (unpaired) electrons. The van der Waals surface area contributed by atoms with Gasteiger partial charge in [-0.2, -0.15) is 0 Å². The molecule has 4 aliphatic rings. The summed E-state index contributed by atoms with van der Waals surface area (Å²) in [4.78, 5) is 7.90. The van der Waals surface area contributed by atoms with Gasteiger partial charge in [-0.15, -0.1) is 11.3 Å². The number of fused-ring (bicyclic) bond motifs is 9. The first-order valence-electron chi connectivity index (χ1n) is 28.9. The summed E-state index contributed by atoms with van der Waals surface area (Å²) < 4.78 is 2.62. The second-order valence-corrected chi connectivity index (χ2v) is 29.7. The molecular formula is C73H78BN3S. The van der Waals surface area contributed by atoms with Crippen molar-refractivity contribution in [2.45, 2.75) is 163 Å². The summed E-state index contributed by atoms with van der Waals surface area (Å²) in [6.07, 6.45) is 3.45. The van der Waals surface area contributed by atoms with Gasteiger partial charge in [-0.1, -0.05) is 170 Å². The van der Waals surface area contributed by atoms with Crippen molar-refractivity contribution in [1.29, 1.82) is 0 Å². The van der Waals surface area contributed by atoms with Crippen LogP contribution in [-0.2, 0) is 32.5 Å². The zero-order valence-corrected chi connectivity index (χ0v) is 50.1. The Morgan fingerprint density at radius 1 is 0.449 bits per heavy atom. The summed E-state index contributed by atoms with van der Waals surface area (Å²) in [6, 6.07) is 57.7. The Balaban J connectivity index is 1.13. The molecule has 3 heterocycles. The highest BCUT2D eigenvalue weighted by atomic mass is 32.1. The number of aryl methyl sites for hydroxylation is 2. The summed E-state index contributed by atoms with van der Waals surface area (Å²) >= 11 is 1.92. The summed E-state index contributed by atoms with van der Waals surface area (Å²) in [7, 11) is 0. The topological polar surface area (TPSA) is 9.72 Å². The molecule has 2 aliphatic carbocycles. The van der Waals surface area contributed by atoms with E-state index in [0.717, 1.165) is 36.3 Å². The highest BCUT2D eigenvalue weighted by Gasteiger charge is 2.48. The van der Waals surface area contributed by atoms with E-state index < -0.39 is 0 Å². The van der Waals surface area contributed by atoms with Crippen molar-refractivity contribution >= 4 is 106 Å². The molecule has 0 bridgehead atoms. The number of benzene rings is 8. The largest absolute Gasteiger partial charge is 0.311 e. The van der Waals surface area contributed by atoms with Crippen LogP contribution in [0.2, 0.25) is 0 Å². The van der Waals surface area contributed by atoms with E-state index in [1.165, 1.54) is 115 Å².